The zero-order valence-electron chi connectivity index (χ0n) is 20.8. The van der Waals surface area contributed by atoms with Crippen molar-refractivity contribution in [2.45, 2.75) is 45.8 Å². The van der Waals surface area contributed by atoms with E-state index in [9.17, 15) is 19.6 Å². The second-order valence-electron chi connectivity index (χ2n) is 8.50. The SMILES string of the molecule is Cc1nc(N(C)C(=O)C[C@H](CC#N)N(C=O)c2cccc(-c3cnn(C)c3)c2)sc1C(=O)OC(C)C. The Morgan fingerprint density at radius 3 is 2.67 bits per heavy atom. The van der Waals surface area contributed by atoms with E-state index >= 15 is 0 Å². The molecule has 0 saturated carbocycles. The van der Waals surface area contributed by atoms with Gasteiger partial charge in [-0.2, -0.15) is 10.4 Å². The third-order valence-electron chi connectivity index (χ3n) is 5.40. The second kappa shape index (κ2) is 11.6. The van der Waals surface area contributed by atoms with Gasteiger partial charge in [0.15, 0.2) is 5.13 Å². The third-order valence-corrected chi connectivity index (χ3v) is 6.62. The Morgan fingerprint density at radius 2 is 2.06 bits per heavy atom. The van der Waals surface area contributed by atoms with Crippen LogP contribution in [-0.4, -0.2) is 52.2 Å². The molecule has 36 heavy (non-hydrogen) atoms. The maximum Gasteiger partial charge on any atom is 0.350 e. The Morgan fingerprint density at radius 1 is 1.31 bits per heavy atom. The number of carbonyl (C=O) groups is 3. The van der Waals surface area contributed by atoms with Crippen molar-refractivity contribution in [3.63, 3.8) is 0 Å². The molecule has 0 radical (unpaired) electrons. The topological polar surface area (TPSA) is 121 Å². The lowest BCUT2D eigenvalue weighted by molar-refractivity contribution is -0.118. The van der Waals surface area contributed by atoms with Gasteiger partial charge < -0.3 is 9.64 Å². The highest BCUT2D eigenvalue weighted by atomic mass is 32.1. The summed E-state index contributed by atoms with van der Waals surface area (Å²) in [4.78, 5) is 45.0. The first-order valence-electron chi connectivity index (χ1n) is 11.3. The lowest BCUT2D eigenvalue weighted by atomic mass is 10.1. The summed E-state index contributed by atoms with van der Waals surface area (Å²) in [5.41, 5.74) is 2.76. The van der Waals surface area contributed by atoms with Gasteiger partial charge in [0.05, 0.1) is 36.5 Å². The van der Waals surface area contributed by atoms with Crippen molar-refractivity contribution in [2.75, 3.05) is 16.8 Å². The van der Waals surface area contributed by atoms with Gasteiger partial charge in [-0.3, -0.25) is 19.2 Å². The number of thiazole rings is 1. The Kier molecular flexibility index (Phi) is 8.55. The predicted molar refractivity (Wildman–Crippen MR) is 137 cm³/mol. The number of ether oxygens (including phenoxy) is 1. The Bertz CT molecular complexity index is 1290. The number of amides is 2. The maximum atomic E-state index is 13.2. The summed E-state index contributed by atoms with van der Waals surface area (Å²) in [6, 6.07) is 8.66. The minimum absolute atomic E-state index is 0.0434. The number of hydrogen-bond acceptors (Lipinski definition) is 8. The molecule has 0 unspecified atom stereocenters. The van der Waals surface area contributed by atoms with Gasteiger partial charge in [-0.15, -0.1) is 0 Å². The summed E-state index contributed by atoms with van der Waals surface area (Å²) in [5, 5.41) is 13.9. The average molecular weight is 509 g/mol. The largest absolute Gasteiger partial charge is 0.459 e. The Labute approximate surface area is 213 Å². The van der Waals surface area contributed by atoms with E-state index in [4.69, 9.17) is 4.74 Å². The Balaban J connectivity index is 1.81. The van der Waals surface area contributed by atoms with Gasteiger partial charge >= 0.3 is 5.97 Å². The van der Waals surface area contributed by atoms with E-state index in [0.29, 0.717) is 27.8 Å². The number of aromatic nitrogens is 3. The molecule has 2 heterocycles. The van der Waals surface area contributed by atoms with Gasteiger partial charge in [0.1, 0.15) is 4.88 Å². The molecular weight excluding hydrogens is 480 g/mol. The van der Waals surface area contributed by atoms with Crippen LogP contribution in [0.4, 0.5) is 10.8 Å². The molecule has 1 atom stereocenters. The van der Waals surface area contributed by atoms with Gasteiger partial charge in [-0.05, 0) is 38.5 Å². The minimum Gasteiger partial charge on any atom is -0.459 e. The third kappa shape index (κ3) is 6.14. The summed E-state index contributed by atoms with van der Waals surface area (Å²) >= 11 is 1.06. The minimum atomic E-state index is -0.696. The number of esters is 1. The molecule has 0 bridgehead atoms. The van der Waals surface area contributed by atoms with Crippen LogP contribution in [0.1, 0.15) is 42.1 Å². The molecule has 0 aliphatic heterocycles. The Hall–Kier alpha value is -4.04. The highest BCUT2D eigenvalue weighted by molar-refractivity contribution is 7.17. The number of aryl methyl sites for hydroxylation is 2. The van der Waals surface area contributed by atoms with Crippen molar-refractivity contribution in [3.8, 4) is 17.2 Å². The zero-order valence-corrected chi connectivity index (χ0v) is 21.7. The maximum absolute atomic E-state index is 13.2. The lowest BCUT2D eigenvalue weighted by Crippen LogP contribution is -2.39. The summed E-state index contributed by atoms with van der Waals surface area (Å²) in [7, 11) is 3.37. The monoisotopic (exact) mass is 508 g/mol. The quantitative estimate of drug-likeness (QED) is 0.302. The number of anilines is 2. The average Bonchev–Trinajstić information content (AvgIpc) is 3.44. The van der Waals surface area contributed by atoms with Crippen LogP contribution in [0.2, 0.25) is 0 Å². The first kappa shape index (κ1) is 26.6. The van der Waals surface area contributed by atoms with Crippen LogP contribution in [0.25, 0.3) is 11.1 Å². The van der Waals surface area contributed by atoms with E-state index in [1.807, 2.05) is 31.4 Å². The molecule has 188 valence electrons. The molecular formula is C25H28N6O4S. The highest BCUT2D eigenvalue weighted by Crippen LogP contribution is 2.29. The van der Waals surface area contributed by atoms with Gasteiger partial charge in [0.2, 0.25) is 12.3 Å². The molecule has 1 aromatic carbocycles. The van der Waals surface area contributed by atoms with E-state index in [1.165, 1.54) is 9.80 Å². The van der Waals surface area contributed by atoms with Crippen molar-refractivity contribution in [3.05, 3.63) is 47.2 Å². The van der Waals surface area contributed by atoms with E-state index in [1.54, 1.807) is 44.8 Å². The smallest absolute Gasteiger partial charge is 0.350 e. The van der Waals surface area contributed by atoms with Crippen LogP contribution >= 0.6 is 11.3 Å². The number of hydrogen-bond donors (Lipinski definition) is 0. The zero-order chi connectivity index (χ0) is 26.4. The molecule has 3 rings (SSSR count). The molecule has 0 N–H and O–H groups in total. The van der Waals surface area contributed by atoms with Gasteiger partial charge in [-0.1, -0.05) is 23.5 Å². The molecule has 0 saturated heterocycles. The first-order chi connectivity index (χ1) is 17.1. The van der Waals surface area contributed by atoms with Crippen LogP contribution < -0.4 is 9.80 Å². The van der Waals surface area contributed by atoms with Gasteiger partial charge in [0.25, 0.3) is 0 Å². The number of benzene rings is 1. The lowest BCUT2D eigenvalue weighted by Gasteiger charge is -2.28. The number of nitrogens with zero attached hydrogens (tertiary/aromatic N) is 6. The summed E-state index contributed by atoms with van der Waals surface area (Å²) < 4.78 is 6.93. The first-order valence-corrected chi connectivity index (χ1v) is 12.1. The van der Waals surface area contributed by atoms with Crippen LogP contribution in [0, 0.1) is 18.3 Å². The van der Waals surface area contributed by atoms with E-state index in [-0.39, 0.29) is 24.9 Å². The highest BCUT2D eigenvalue weighted by Gasteiger charge is 2.27. The second-order valence-corrected chi connectivity index (χ2v) is 9.48. The van der Waals surface area contributed by atoms with Crippen molar-refractivity contribution in [1.29, 1.82) is 5.26 Å². The van der Waals surface area contributed by atoms with Crippen LogP contribution in [0.5, 0.6) is 0 Å². The number of nitriles is 1. The number of carbonyl (C=O) groups excluding carboxylic acids is 3. The van der Waals surface area contributed by atoms with Crippen molar-refractivity contribution >= 4 is 40.4 Å². The normalized spacial score (nSPS) is 11.6. The summed E-state index contributed by atoms with van der Waals surface area (Å²) in [6.45, 7) is 5.19. The molecule has 2 aromatic heterocycles. The van der Waals surface area contributed by atoms with E-state index in [2.05, 4.69) is 16.2 Å². The molecule has 0 fully saturated rings. The van der Waals surface area contributed by atoms with Gasteiger partial charge in [-0.25, -0.2) is 9.78 Å². The molecule has 0 aliphatic rings. The van der Waals surface area contributed by atoms with Crippen LogP contribution in [0.15, 0.2) is 36.7 Å². The van der Waals surface area contributed by atoms with E-state index in [0.717, 1.165) is 22.5 Å². The summed E-state index contributed by atoms with van der Waals surface area (Å²) in [5.74, 6) is -0.835. The molecule has 0 spiro atoms. The molecule has 10 nitrogen and oxygen atoms in total. The molecule has 2 amide bonds. The predicted octanol–water partition coefficient (Wildman–Crippen LogP) is 3.72. The molecule has 0 aliphatic carbocycles. The fourth-order valence-electron chi connectivity index (χ4n) is 3.58. The number of rotatable bonds is 10. The fourth-order valence-corrected chi connectivity index (χ4v) is 4.50. The molecule has 11 heteroatoms. The van der Waals surface area contributed by atoms with Crippen molar-refractivity contribution in [1.82, 2.24) is 14.8 Å². The standard InChI is InChI=1S/C25H28N6O4S/c1-16(2)35-24(34)23-17(3)28-25(36-23)30(5)22(33)12-21(9-10-26)31(15-32)20-8-6-7-18(11-20)19-13-27-29(4)14-19/h6-8,11,13-16,21H,9,12H2,1-5H3/t21-/m0/s1. The van der Waals surface area contributed by atoms with E-state index < -0.39 is 12.0 Å². The van der Waals surface area contributed by atoms with Gasteiger partial charge in [0, 0.05) is 38.0 Å². The van der Waals surface area contributed by atoms with Crippen molar-refractivity contribution < 1.29 is 19.1 Å². The van der Waals surface area contributed by atoms with Crippen LogP contribution in [0.3, 0.4) is 0 Å². The summed E-state index contributed by atoms with van der Waals surface area (Å²) in [6.07, 6.45) is 3.78. The fraction of sp³-hybridized carbons (Fsp3) is 0.360. The van der Waals surface area contributed by atoms with Crippen LogP contribution in [-0.2, 0) is 21.4 Å². The van der Waals surface area contributed by atoms with Crippen molar-refractivity contribution in [2.24, 2.45) is 7.05 Å². The molecule has 3 aromatic rings.